The van der Waals surface area contributed by atoms with Gasteiger partial charge in [-0.15, -0.1) is 0 Å². The highest BCUT2D eigenvalue weighted by Gasteiger charge is 2.33. The van der Waals surface area contributed by atoms with Crippen molar-refractivity contribution in [1.29, 1.82) is 0 Å². The van der Waals surface area contributed by atoms with E-state index in [1.54, 1.807) is 4.90 Å². The highest BCUT2D eigenvalue weighted by atomic mass is 16.2. The van der Waals surface area contributed by atoms with Crippen LogP contribution in [0.1, 0.15) is 68.3 Å². The van der Waals surface area contributed by atoms with Gasteiger partial charge < -0.3 is 15.5 Å². The third-order valence-corrected chi connectivity index (χ3v) is 5.68. The lowest BCUT2D eigenvalue weighted by Gasteiger charge is -2.34. The van der Waals surface area contributed by atoms with Gasteiger partial charge in [-0.05, 0) is 38.2 Å². The molecule has 2 aliphatic rings. The lowest BCUT2D eigenvalue weighted by Crippen LogP contribution is -2.53. The first-order valence-corrected chi connectivity index (χ1v) is 10.5. The first kappa shape index (κ1) is 20.5. The van der Waals surface area contributed by atoms with Gasteiger partial charge in [-0.2, -0.15) is 5.10 Å². The van der Waals surface area contributed by atoms with E-state index in [0.29, 0.717) is 25.6 Å². The number of H-pyrrole nitrogens is 1. The van der Waals surface area contributed by atoms with Crippen LogP contribution in [0.15, 0.2) is 16.9 Å². The zero-order valence-corrected chi connectivity index (χ0v) is 16.4. The number of nitrogens with zero attached hydrogens (tertiary/aromatic N) is 2. The molecule has 1 aliphatic heterocycles. The zero-order chi connectivity index (χ0) is 19.8. The van der Waals surface area contributed by atoms with E-state index in [1.165, 1.54) is 50.7 Å². The van der Waals surface area contributed by atoms with Crippen LogP contribution >= 0.6 is 0 Å². The van der Waals surface area contributed by atoms with Crippen molar-refractivity contribution < 1.29 is 9.59 Å². The summed E-state index contributed by atoms with van der Waals surface area (Å²) in [6.45, 7) is 1.83. The van der Waals surface area contributed by atoms with Gasteiger partial charge in [0.15, 0.2) is 0 Å². The van der Waals surface area contributed by atoms with Gasteiger partial charge >= 0.3 is 0 Å². The van der Waals surface area contributed by atoms with Crippen LogP contribution in [0.4, 0.5) is 0 Å². The lowest BCUT2D eigenvalue weighted by atomic mass is 10.0. The van der Waals surface area contributed by atoms with E-state index in [9.17, 15) is 14.4 Å². The molecule has 0 radical (unpaired) electrons. The number of hydrogen-bond donors (Lipinski definition) is 3. The summed E-state index contributed by atoms with van der Waals surface area (Å²) in [4.78, 5) is 38.2. The fraction of sp³-hybridized carbons (Fsp3) is 0.700. The van der Waals surface area contributed by atoms with Gasteiger partial charge in [-0.3, -0.25) is 14.4 Å². The number of hydrogen-bond acceptors (Lipinski definition) is 5. The summed E-state index contributed by atoms with van der Waals surface area (Å²) in [6, 6.07) is 2.76. The number of rotatable bonds is 6. The lowest BCUT2D eigenvalue weighted by molar-refractivity contribution is -0.126. The summed E-state index contributed by atoms with van der Waals surface area (Å²) in [6.07, 6.45) is 10.1. The van der Waals surface area contributed by atoms with Crippen LogP contribution < -0.4 is 16.2 Å². The SMILES string of the molecule is O=C(NCCNC1CCCCCC1)C1CCCCN1C(=O)c1ccc(=O)[nH]n1. The summed E-state index contributed by atoms with van der Waals surface area (Å²) in [5, 5.41) is 12.6. The number of carbonyl (C=O) groups is 2. The minimum absolute atomic E-state index is 0.111. The van der Waals surface area contributed by atoms with Gasteiger partial charge in [0.1, 0.15) is 11.7 Å². The van der Waals surface area contributed by atoms with E-state index in [0.717, 1.165) is 19.4 Å². The van der Waals surface area contributed by atoms with E-state index in [-0.39, 0.29) is 23.1 Å². The number of nitrogens with one attached hydrogen (secondary N) is 3. The van der Waals surface area contributed by atoms with Crippen LogP contribution in [-0.4, -0.2) is 58.6 Å². The van der Waals surface area contributed by atoms with E-state index in [4.69, 9.17) is 0 Å². The number of carbonyl (C=O) groups excluding carboxylic acids is 2. The van der Waals surface area contributed by atoms with Crippen molar-refractivity contribution >= 4 is 11.8 Å². The molecular weight excluding hydrogens is 358 g/mol. The molecule has 1 aromatic heterocycles. The van der Waals surface area contributed by atoms with Crippen molar-refractivity contribution in [1.82, 2.24) is 25.7 Å². The Bertz CT molecular complexity index is 692. The third-order valence-electron chi connectivity index (χ3n) is 5.68. The van der Waals surface area contributed by atoms with Gasteiger partial charge in [0.25, 0.3) is 11.5 Å². The summed E-state index contributed by atoms with van der Waals surface area (Å²) in [5.41, 5.74) is -0.194. The maximum absolute atomic E-state index is 12.7. The second-order valence-corrected chi connectivity index (χ2v) is 7.75. The summed E-state index contributed by atoms with van der Waals surface area (Å²) in [7, 11) is 0. The minimum Gasteiger partial charge on any atom is -0.353 e. The average Bonchev–Trinajstić information content (AvgIpc) is 3.00. The highest BCUT2D eigenvalue weighted by Crippen LogP contribution is 2.19. The molecule has 8 heteroatoms. The summed E-state index contributed by atoms with van der Waals surface area (Å²) in [5.74, 6) is -0.423. The molecule has 3 rings (SSSR count). The van der Waals surface area contributed by atoms with Gasteiger partial charge in [0.2, 0.25) is 5.91 Å². The Morgan fingerprint density at radius 2 is 1.79 bits per heavy atom. The fourth-order valence-corrected chi connectivity index (χ4v) is 4.12. The zero-order valence-electron chi connectivity index (χ0n) is 16.4. The number of amides is 2. The van der Waals surface area contributed by atoms with Gasteiger partial charge in [0.05, 0.1) is 0 Å². The van der Waals surface area contributed by atoms with E-state index in [2.05, 4.69) is 20.8 Å². The smallest absolute Gasteiger partial charge is 0.274 e. The maximum Gasteiger partial charge on any atom is 0.274 e. The summed E-state index contributed by atoms with van der Waals surface area (Å²) >= 11 is 0. The second kappa shape index (κ2) is 10.4. The second-order valence-electron chi connectivity index (χ2n) is 7.75. The molecule has 2 amide bonds. The van der Waals surface area contributed by atoms with E-state index in [1.807, 2.05) is 0 Å². The molecule has 1 aromatic rings. The predicted octanol–water partition coefficient (Wildman–Crippen LogP) is 1.19. The standard InChI is InChI=1S/C20H31N5O3/c26-18-11-10-16(23-24-18)20(28)25-14-6-5-9-17(25)19(27)22-13-12-21-15-7-3-1-2-4-8-15/h10-11,15,17,21H,1-9,12-14H2,(H,22,27)(H,24,26). The molecule has 0 aromatic carbocycles. The molecule has 28 heavy (non-hydrogen) atoms. The molecule has 1 unspecified atom stereocenters. The van der Waals surface area contributed by atoms with Crippen molar-refractivity contribution in [2.45, 2.75) is 69.9 Å². The normalized spacial score (nSPS) is 21.1. The van der Waals surface area contributed by atoms with Crippen LogP contribution in [-0.2, 0) is 4.79 Å². The first-order valence-electron chi connectivity index (χ1n) is 10.5. The van der Waals surface area contributed by atoms with Crippen LogP contribution in [0.5, 0.6) is 0 Å². The van der Waals surface area contributed by atoms with Gasteiger partial charge in [-0.1, -0.05) is 25.7 Å². The predicted molar refractivity (Wildman–Crippen MR) is 106 cm³/mol. The Labute approximate surface area is 165 Å². The van der Waals surface area contributed by atoms with Crippen molar-refractivity contribution in [2.75, 3.05) is 19.6 Å². The van der Waals surface area contributed by atoms with Crippen molar-refractivity contribution in [2.24, 2.45) is 0 Å². The third kappa shape index (κ3) is 5.64. The molecule has 3 N–H and O–H groups in total. The van der Waals surface area contributed by atoms with Gasteiger partial charge in [-0.25, -0.2) is 5.10 Å². The van der Waals surface area contributed by atoms with E-state index < -0.39 is 6.04 Å². The molecule has 1 saturated carbocycles. The molecule has 2 fully saturated rings. The maximum atomic E-state index is 12.7. The molecule has 1 aliphatic carbocycles. The molecule has 0 bridgehead atoms. The van der Waals surface area contributed by atoms with Crippen LogP contribution in [0.3, 0.4) is 0 Å². The Kier molecular flexibility index (Phi) is 7.59. The largest absolute Gasteiger partial charge is 0.353 e. The minimum atomic E-state index is -0.479. The quantitative estimate of drug-likeness (QED) is 0.500. The number of aromatic amines is 1. The molecule has 1 saturated heterocycles. The topological polar surface area (TPSA) is 107 Å². The monoisotopic (exact) mass is 389 g/mol. The number of aromatic nitrogens is 2. The Balaban J connectivity index is 1.49. The van der Waals surface area contributed by atoms with Crippen molar-refractivity contribution in [3.63, 3.8) is 0 Å². The van der Waals surface area contributed by atoms with E-state index >= 15 is 0 Å². The molecule has 0 spiro atoms. The fourth-order valence-electron chi connectivity index (χ4n) is 4.12. The number of piperidine rings is 1. The molecule has 1 atom stereocenters. The molecular formula is C20H31N5O3. The Morgan fingerprint density at radius 1 is 1.04 bits per heavy atom. The average molecular weight is 390 g/mol. The van der Waals surface area contributed by atoms with Gasteiger partial charge in [0, 0.05) is 31.7 Å². The van der Waals surface area contributed by atoms with Crippen LogP contribution in [0.25, 0.3) is 0 Å². The first-order chi connectivity index (χ1) is 13.6. The highest BCUT2D eigenvalue weighted by molar-refractivity contribution is 5.96. The Morgan fingerprint density at radius 3 is 2.50 bits per heavy atom. The van der Waals surface area contributed by atoms with Crippen molar-refractivity contribution in [3.8, 4) is 0 Å². The van der Waals surface area contributed by atoms with Crippen molar-refractivity contribution in [3.05, 3.63) is 28.2 Å². The number of likely N-dealkylation sites (tertiary alicyclic amines) is 1. The Hall–Kier alpha value is -2.22. The van der Waals surface area contributed by atoms with Crippen LogP contribution in [0, 0.1) is 0 Å². The summed E-state index contributed by atoms with van der Waals surface area (Å²) < 4.78 is 0. The van der Waals surface area contributed by atoms with Crippen LogP contribution in [0.2, 0.25) is 0 Å². The molecule has 154 valence electrons. The molecule has 2 heterocycles. The molecule has 8 nitrogen and oxygen atoms in total.